The molecule has 3 heterocycles. The molecule has 0 radical (unpaired) electrons. The molecule has 2 aromatic heterocycles. The summed E-state index contributed by atoms with van der Waals surface area (Å²) in [4.78, 5) is 24.1. The van der Waals surface area contributed by atoms with E-state index in [1.807, 2.05) is 65.1 Å². The number of benzene rings is 1. The van der Waals surface area contributed by atoms with Gasteiger partial charge in [0.05, 0.1) is 11.3 Å². The van der Waals surface area contributed by atoms with Crippen molar-refractivity contribution in [2.75, 3.05) is 31.2 Å². The number of nitrogens with zero attached hydrogens (tertiary/aromatic N) is 3. The van der Waals surface area contributed by atoms with E-state index in [4.69, 9.17) is 25.8 Å². The fourth-order valence-corrected chi connectivity index (χ4v) is 5.32. The quantitative estimate of drug-likeness (QED) is 0.242. The summed E-state index contributed by atoms with van der Waals surface area (Å²) < 4.78 is 17.8. The molecule has 0 bridgehead atoms. The number of carbonyl (C=O) groups is 1. The number of pyridine rings is 2. The number of aromatic nitrogens is 2. The first kappa shape index (κ1) is 31.6. The van der Waals surface area contributed by atoms with E-state index >= 15 is 0 Å². The SMILES string of the molecule is Cc1cc(Cl)ccc1OCCOc1ccc(-c2cnc(C)c([C@H](OC(C)(C)C)C(=O)O)c2N2CCC(C)(C)CC2)cn1. The minimum Gasteiger partial charge on any atom is -0.490 e. The summed E-state index contributed by atoms with van der Waals surface area (Å²) in [5, 5.41) is 11.0. The minimum atomic E-state index is -1.16. The van der Waals surface area contributed by atoms with E-state index in [0.29, 0.717) is 35.4 Å². The average molecular weight is 596 g/mol. The summed E-state index contributed by atoms with van der Waals surface area (Å²) >= 11 is 6.02. The standard InChI is InChI=1S/C33H42ClN3O5/c1-21-18-24(34)9-10-26(21)40-16-17-41-27-11-8-23(19-36-27)25-20-35-22(2)28(30(31(38)39)42-32(3,4)5)29(25)37-14-12-33(6,7)13-15-37/h8-11,18-20,30H,12-17H2,1-7H3,(H,38,39)/t30-/m0/s1. The van der Waals surface area contributed by atoms with Gasteiger partial charge in [-0.15, -0.1) is 0 Å². The van der Waals surface area contributed by atoms with Gasteiger partial charge in [0.15, 0.2) is 6.10 Å². The molecule has 1 aliphatic heterocycles. The van der Waals surface area contributed by atoms with E-state index in [1.165, 1.54) is 0 Å². The predicted molar refractivity (Wildman–Crippen MR) is 166 cm³/mol. The number of ether oxygens (including phenoxy) is 3. The molecule has 1 aliphatic rings. The highest BCUT2D eigenvalue weighted by atomic mass is 35.5. The summed E-state index contributed by atoms with van der Waals surface area (Å²) in [5.74, 6) is 0.192. The Morgan fingerprint density at radius 1 is 1.05 bits per heavy atom. The summed E-state index contributed by atoms with van der Waals surface area (Å²) in [6, 6.07) is 9.24. The number of hydrogen-bond donors (Lipinski definition) is 1. The van der Waals surface area contributed by atoms with Crippen LogP contribution in [0.3, 0.4) is 0 Å². The number of halogens is 1. The van der Waals surface area contributed by atoms with Gasteiger partial charge in [0.2, 0.25) is 5.88 Å². The highest BCUT2D eigenvalue weighted by molar-refractivity contribution is 6.30. The monoisotopic (exact) mass is 595 g/mol. The van der Waals surface area contributed by atoms with Gasteiger partial charge in [0, 0.05) is 59.0 Å². The predicted octanol–water partition coefficient (Wildman–Crippen LogP) is 7.44. The van der Waals surface area contributed by atoms with E-state index in [9.17, 15) is 9.90 Å². The van der Waals surface area contributed by atoms with Gasteiger partial charge in [-0.3, -0.25) is 4.98 Å². The van der Waals surface area contributed by atoms with Crippen LogP contribution in [-0.4, -0.2) is 52.9 Å². The van der Waals surface area contributed by atoms with Crippen LogP contribution in [0.25, 0.3) is 11.1 Å². The van der Waals surface area contributed by atoms with Crippen LogP contribution >= 0.6 is 11.6 Å². The van der Waals surface area contributed by atoms with Crippen LogP contribution in [0.15, 0.2) is 42.7 Å². The Morgan fingerprint density at radius 2 is 1.74 bits per heavy atom. The Kier molecular flexibility index (Phi) is 9.68. The molecule has 42 heavy (non-hydrogen) atoms. The number of rotatable bonds is 10. The molecular formula is C33H42ClN3O5. The maximum atomic E-state index is 12.6. The average Bonchev–Trinajstić information content (AvgIpc) is 2.91. The lowest BCUT2D eigenvalue weighted by Gasteiger charge is -2.40. The Balaban J connectivity index is 1.61. The molecule has 8 nitrogen and oxygen atoms in total. The van der Waals surface area contributed by atoms with E-state index in [1.54, 1.807) is 12.3 Å². The van der Waals surface area contributed by atoms with Crippen LogP contribution in [0.5, 0.6) is 11.6 Å². The Morgan fingerprint density at radius 3 is 2.33 bits per heavy atom. The van der Waals surface area contributed by atoms with E-state index < -0.39 is 17.7 Å². The van der Waals surface area contributed by atoms with Gasteiger partial charge < -0.3 is 24.2 Å². The Hall–Kier alpha value is -3.36. The van der Waals surface area contributed by atoms with Gasteiger partial charge in [0.1, 0.15) is 19.0 Å². The van der Waals surface area contributed by atoms with Crippen LogP contribution < -0.4 is 14.4 Å². The maximum absolute atomic E-state index is 12.6. The number of carboxylic acids is 1. The molecule has 0 spiro atoms. The summed E-state index contributed by atoms with van der Waals surface area (Å²) in [7, 11) is 0. The second-order valence-corrected chi connectivity index (χ2v) is 13.0. The molecule has 1 N–H and O–H groups in total. The topological polar surface area (TPSA) is 94.0 Å². The molecule has 1 atom stereocenters. The van der Waals surface area contributed by atoms with E-state index in [2.05, 4.69) is 28.7 Å². The first-order valence-corrected chi connectivity index (χ1v) is 14.8. The third kappa shape index (κ3) is 7.92. The molecule has 0 amide bonds. The van der Waals surface area contributed by atoms with Crippen molar-refractivity contribution < 1.29 is 24.1 Å². The number of carboxylic acid groups (broad SMARTS) is 1. The number of aliphatic carboxylic acids is 1. The number of aryl methyl sites for hydroxylation is 2. The fraction of sp³-hybridized carbons (Fsp3) is 0.485. The third-order valence-corrected chi connectivity index (χ3v) is 7.69. The van der Waals surface area contributed by atoms with Crippen LogP contribution in [0.1, 0.15) is 70.4 Å². The molecule has 1 aromatic carbocycles. The largest absolute Gasteiger partial charge is 0.490 e. The van der Waals surface area contributed by atoms with Crippen molar-refractivity contribution in [2.45, 2.75) is 73.0 Å². The van der Waals surface area contributed by atoms with Crippen molar-refractivity contribution in [1.82, 2.24) is 9.97 Å². The van der Waals surface area contributed by atoms with Gasteiger partial charge in [0.25, 0.3) is 0 Å². The number of anilines is 1. The van der Waals surface area contributed by atoms with Crippen molar-refractivity contribution in [1.29, 1.82) is 0 Å². The number of piperidine rings is 1. The molecule has 9 heteroatoms. The molecule has 3 aromatic rings. The molecule has 226 valence electrons. The van der Waals surface area contributed by atoms with Crippen LogP contribution in [-0.2, 0) is 9.53 Å². The first-order chi connectivity index (χ1) is 19.7. The second kappa shape index (κ2) is 12.9. The molecule has 1 saturated heterocycles. The summed E-state index contributed by atoms with van der Waals surface area (Å²) in [6.07, 6.45) is 4.38. The summed E-state index contributed by atoms with van der Waals surface area (Å²) in [5.41, 5.74) is 4.23. The smallest absolute Gasteiger partial charge is 0.337 e. The van der Waals surface area contributed by atoms with E-state index in [0.717, 1.165) is 54.1 Å². The molecule has 0 aliphatic carbocycles. The van der Waals surface area contributed by atoms with E-state index in [-0.39, 0.29) is 5.41 Å². The van der Waals surface area contributed by atoms with Gasteiger partial charge in [-0.2, -0.15) is 0 Å². The lowest BCUT2D eigenvalue weighted by molar-refractivity contribution is -0.160. The lowest BCUT2D eigenvalue weighted by atomic mass is 9.82. The maximum Gasteiger partial charge on any atom is 0.337 e. The van der Waals surface area contributed by atoms with Crippen LogP contribution in [0.2, 0.25) is 5.02 Å². The van der Waals surface area contributed by atoms with Crippen LogP contribution in [0, 0.1) is 19.3 Å². The van der Waals surface area contributed by atoms with Crippen LogP contribution in [0.4, 0.5) is 5.69 Å². The van der Waals surface area contributed by atoms with Crippen molar-refractivity contribution in [2.24, 2.45) is 5.41 Å². The third-order valence-electron chi connectivity index (χ3n) is 7.45. The molecular weight excluding hydrogens is 554 g/mol. The normalized spacial score (nSPS) is 15.8. The highest BCUT2D eigenvalue weighted by Gasteiger charge is 2.35. The molecule has 0 saturated carbocycles. The Labute approximate surface area is 254 Å². The van der Waals surface area contributed by atoms with Gasteiger partial charge >= 0.3 is 5.97 Å². The lowest BCUT2D eigenvalue weighted by Crippen LogP contribution is -2.39. The molecule has 1 fully saturated rings. The summed E-state index contributed by atoms with van der Waals surface area (Å²) in [6.45, 7) is 16.2. The zero-order valence-electron chi connectivity index (χ0n) is 25.7. The zero-order valence-corrected chi connectivity index (χ0v) is 26.4. The first-order valence-electron chi connectivity index (χ1n) is 14.4. The van der Waals surface area contributed by atoms with Crippen molar-refractivity contribution >= 4 is 23.3 Å². The fourth-order valence-electron chi connectivity index (χ4n) is 5.09. The highest BCUT2D eigenvalue weighted by Crippen LogP contribution is 2.43. The number of hydrogen-bond acceptors (Lipinski definition) is 7. The minimum absolute atomic E-state index is 0.226. The van der Waals surface area contributed by atoms with Gasteiger partial charge in [-0.1, -0.05) is 25.4 Å². The second-order valence-electron chi connectivity index (χ2n) is 12.6. The Bertz CT molecular complexity index is 1390. The van der Waals surface area contributed by atoms with Crippen molar-refractivity contribution in [3.05, 3.63) is 64.6 Å². The van der Waals surface area contributed by atoms with Crippen molar-refractivity contribution in [3.8, 4) is 22.8 Å². The van der Waals surface area contributed by atoms with Crippen molar-refractivity contribution in [3.63, 3.8) is 0 Å². The molecule has 0 unspecified atom stereocenters. The van der Waals surface area contributed by atoms with Gasteiger partial charge in [-0.05, 0) is 82.7 Å². The zero-order chi connectivity index (χ0) is 30.7. The molecule has 4 rings (SSSR count). The van der Waals surface area contributed by atoms with Gasteiger partial charge in [-0.25, -0.2) is 9.78 Å².